The highest BCUT2D eigenvalue weighted by Gasteiger charge is 2.21. The van der Waals surface area contributed by atoms with Crippen molar-refractivity contribution < 1.29 is 0 Å². The van der Waals surface area contributed by atoms with Crippen LogP contribution in [0.4, 0.5) is 0 Å². The van der Waals surface area contributed by atoms with Crippen molar-refractivity contribution in [3.8, 4) is 0 Å². The minimum absolute atomic E-state index is 0.0469. The number of benzene rings is 3. The SMILES string of the molecule is C[C@@H](N=Cc1ccccn1)c1ccccc1P(c1ccccc1)c1ccccc1. The molecule has 1 aromatic heterocycles. The molecule has 29 heavy (non-hydrogen) atoms. The van der Waals surface area contributed by atoms with Gasteiger partial charge in [0.1, 0.15) is 0 Å². The van der Waals surface area contributed by atoms with E-state index in [2.05, 4.69) is 96.8 Å². The largest absolute Gasteiger partial charge is 0.283 e. The Balaban J connectivity index is 1.76. The number of pyridine rings is 1. The van der Waals surface area contributed by atoms with Crippen LogP contribution in [0.5, 0.6) is 0 Å². The summed E-state index contributed by atoms with van der Waals surface area (Å²) >= 11 is 0. The fourth-order valence-corrected chi connectivity index (χ4v) is 5.90. The molecule has 0 fully saturated rings. The molecule has 0 unspecified atom stereocenters. The van der Waals surface area contributed by atoms with Gasteiger partial charge in [0.25, 0.3) is 0 Å². The first-order chi connectivity index (χ1) is 14.3. The zero-order valence-electron chi connectivity index (χ0n) is 16.4. The summed E-state index contributed by atoms with van der Waals surface area (Å²) in [7, 11) is -0.654. The number of rotatable bonds is 6. The monoisotopic (exact) mass is 394 g/mol. The lowest BCUT2D eigenvalue weighted by Gasteiger charge is -2.23. The van der Waals surface area contributed by atoms with Crippen molar-refractivity contribution in [2.24, 2.45) is 4.99 Å². The third-order valence-electron chi connectivity index (χ3n) is 4.77. The van der Waals surface area contributed by atoms with Crippen molar-refractivity contribution in [3.63, 3.8) is 0 Å². The quantitative estimate of drug-likeness (QED) is 0.333. The molecule has 142 valence electrons. The summed E-state index contributed by atoms with van der Waals surface area (Å²) in [6, 6.07) is 36.2. The topological polar surface area (TPSA) is 25.2 Å². The standard InChI is InChI=1S/C26H23N2P/c1-21(28-20-22-12-10-11-19-27-22)25-17-8-9-18-26(25)29(23-13-4-2-5-14-23)24-15-6-3-7-16-24/h2-21H,1H3/t21-/m1/s1. The molecule has 4 aromatic rings. The van der Waals surface area contributed by atoms with Crippen molar-refractivity contribution in [3.05, 3.63) is 121 Å². The van der Waals surface area contributed by atoms with Gasteiger partial charge in [-0.2, -0.15) is 0 Å². The number of nitrogens with zero attached hydrogens (tertiary/aromatic N) is 2. The Bertz CT molecular complexity index is 1020. The summed E-state index contributed by atoms with van der Waals surface area (Å²) in [5.41, 5.74) is 2.14. The second-order valence-electron chi connectivity index (χ2n) is 6.77. The Morgan fingerprint density at radius 1 is 0.724 bits per heavy atom. The highest BCUT2D eigenvalue weighted by Crippen LogP contribution is 2.36. The maximum absolute atomic E-state index is 4.82. The first kappa shape index (κ1) is 19.2. The van der Waals surface area contributed by atoms with Crippen molar-refractivity contribution >= 4 is 30.0 Å². The summed E-state index contributed by atoms with van der Waals surface area (Å²) in [4.78, 5) is 9.17. The normalized spacial score (nSPS) is 12.3. The summed E-state index contributed by atoms with van der Waals surface area (Å²) in [5.74, 6) is 0. The van der Waals surface area contributed by atoms with E-state index in [0.29, 0.717) is 0 Å². The van der Waals surface area contributed by atoms with Gasteiger partial charge in [-0.1, -0.05) is 91.0 Å². The van der Waals surface area contributed by atoms with Crippen LogP contribution in [0.1, 0.15) is 24.2 Å². The molecule has 1 heterocycles. The maximum Gasteiger partial charge on any atom is 0.0808 e. The van der Waals surface area contributed by atoms with E-state index in [9.17, 15) is 0 Å². The molecule has 0 saturated carbocycles. The Morgan fingerprint density at radius 2 is 1.31 bits per heavy atom. The minimum Gasteiger partial charge on any atom is -0.283 e. The van der Waals surface area contributed by atoms with Crippen LogP contribution in [0, 0.1) is 0 Å². The molecule has 2 nitrogen and oxygen atoms in total. The molecule has 0 spiro atoms. The van der Waals surface area contributed by atoms with Gasteiger partial charge in [-0.3, -0.25) is 9.98 Å². The lowest BCUT2D eigenvalue weighted by atomic mass is 10.1. The van der Waals surface area contributed by atoms with E-state index in [1.54, 1.807) is 6.20 Å². The number of aliphatic imine (C=N–C) groups is 1. The van der Waals surface area contributed by atoms with E-state index in [-0.39, 0.29) is 6.04 Å². The average molecular weight is 394 g/mol. The Hall–Kier alpha value is -3.09. The molecule has 0 aliphatic heterocycles. The summed E-state index contributed by atoms with van der Waals surface area (Å²) < 4.78 is 0. The van der Waals surface area contributed by atoms with Crippen LogP contribution in [-0.4, -0.2) is 11.2 Å². The first-order valence-electron chi connectivity index (χ1n) is 9.76. The van der Waals surface area contributed by atoms with Crippen LogP contribution in [0.3, 0.4) is 0 Å². The second-order valence-corrected chi connectivity index (χ2v) is 8.96. The molecule has 3 aromatic carbocycles. The molecule has 0 radical (unpaired) electrons. The van der Waals surface area contributed by atoms with Crippen molar-refractivity contribution in [2.45, 2.75) is 13.0 Å². The number of aromatic nitrogens is 1. The number of hydrogen-bond donors (Lipinski definition) is 0. The van der Waals surface area contributed by atoms with E-state index in [4.69, 9.17) is 4.99 Å². The molecule has 0 amide bonds. The van der Waals surface area contributed by atoms with Gasteiger partial charge in [-0.25, -0.2) is 0 Å². The zero-order valence-corrected chi connectivity index (χ0v) is 17.3. The molecule has 0 saturated heterocycles. The highest BCUT2D eigenvalue weighted by molar-refractivity contribution is 7.79. The molecule has 0 aliphatic carbocycles. The van der Waals surface area contributed by atoms with E-state index >= 15 is 0 Å². The van der Waals surface area contributed by atoms with Crippen LogP contribution in [0.2, 0.25) is 0 Å². The predicted molar refractivity (Wildman–Crippen MR) is 125 cm³/mol. The zero-order chi connectivity index (χ0) is 19.9. The van der Waals surface area contributed by atoms with Gasteiger partial charge in [0.2, 0.25) is 0 Å². The molecular weight excluding hydrogens is 371 g/mol. The van der Waals surface area contributed by atoms with Crippen LogP contribution in [0.15, 0.2) is 114 Å². The molecule has 0 aliphatic rings. The molecular formula is C26H23N2P. The Labute approximate surface area is 173 Å². The van der Waals surface area contributed by atoms with E-state index in [1.807, 2.05) is 24.4 Å². The molecule has 3 heteroatoms. The minimum atomic E-state index is -0.654. The molecule has 4 rings (SSSR count). The Kier molecular flexibility index (Phi) is 6.24. The van der Waals surface area contributed by atoms with Gasteiger partial charge in [0.15, 0.2) is 0 Å². The van der Waals surface area contributed by atoms with Crippen LogP contribution in [-0.2, 0) is 0 Å². The first-order valence-corrected chi connectivity index (χ1v) is 11.1. The third kappa shape index (κ3) is 4.67. The summed E-state index contributed by atoms with van der Waals surface area (Å²) in [6.45, 7) is 2.15. The van der Waals surface area contributed by atoms with Gasteiger partial charge in [0.05, 0.1) is 11.7 Å². The van der Waals surface area contributed by atoms with Crippen LogP contribution < -0.4 is 15.9 Å². The summed E-state index contributed by atoms with van der Waals surface area (Å²) in [6.07, 6.45) is 3.67. The van der Waals surface area contributed by atoms with E-state index in [0.717, 1.165) is 5.69 Å². The number of hydrogen-bond acceptors (Lipinski definition) is 2. The van der Waals surface area contributed by atoms with E-state index in [1.165, 1.54) is 21.5 Å². The Morgan fingerprint density at radius 3 is 1.93 bits per heavy atom. The maximum atomic E-state index is 4.82. The van der Waals surface area contributed by atoms with Gasteiger partial charge in [-0.05, 0) is 48.5 Å². The van der Waals surface area contributed by atoms with Gasteiger partial charge in [-0.15, -0.1) is 0 Å². The lowest BCUT2D eigenvalue weighted by Crippen LogP contribution is -2.23. The second kappa shape index (κ2) is 9.41. The lowest BCUT2D eigenvalue weighted by molar-refractivity contribution is 0.830. The fourth-order valence-electron chi connectivity index (χ4n) is 3.35. The molecule has 0 bridgehead atoms. The van der Waals surface area contributed by atoms with E-state index < -0.39 is 7.92 Å². The van der Waals surface area contributed by atoms with Crippen LogP contribution >= 0.6 is 7.92 Å². The predicted octanol–water partition coefficient (Wildman–Crippen LogP) is 5.02. The van der Waals surface area contributed by atoms with Crippen molar-refractivity contribution in [1.29, 1.82) is 0 Å². The third-order valence-corrected chi connectivity index (χ3v) is 7.29. The van der Waals surface area contributed by atoms with Gasteiger partial charge >= 0.3 is 0 Å². The average Bonchev–Trinajstić information content (AvgIpc) is 2.80. The molecule has 1 atom stereocenters. The highest BCUT2D eigenvalue weighted by atomic mass is 31.1. The van der Waals surface area contributed by atoms with Gasteiger partial charge in [0, 0.05) is 12.4 Å². The fraction of sp³-hybridized carbons (Fsp3) is 0.0769. The van der Waals surface area contributed by atoms with Crippen LogP contribution in [0.25, 0.3) is 0 Å². The summed E-state index contributed by atoms with van der Waals surface area (Å²) in [5, 5.41) is 4.05. The van der Waals surface area contributed by atoms with Crippen molar-refractivity contribution in [1.82, 2.24) is 4.98 Å². The van der Waals surface area contributed by atoms with Crippen molar-refractivity contribution in [2.75, 3.05) is 0 Å². The molecule has 0 N–H and O–H groups in total. The van der Waals surface area contributed by atoms with Gasteiger partial charge < -0.3 is 0 Å². The smallest absolute Gasteiger partial charge is 0.0808 e.